The Balaban J connectivity index is 0.0000001000. The average Bonchev–Trinajstić information content (AvgIpc) is 2.67. The lowest BCUT2D eigenvalue weighted by molar-refractivity contribution is 0.922. The van der Waals surface area contributed by atoms with Crippen LogP contribution in [0.5, 0.6) is 0 Å². The second-order valence-corrected chi connectivity index (χ2v) is 2.77. The largest absolute Gasteiger partial charge is 0.143 e. The molecule has 1 aromatic rings. The Morgan fingerprint density at radius 1 is 1.40 bits per heavy atom. The van der Waals surface area contributed by atoms with E-state index in [-0.39, 0.29) is 0 Å². The van der Waals surface area contributed by atoms with Crippen LogP contribution >= 0.6 is 11.3 Å². The van der Waals surface area contributed by atoms with Crippen LogP contribution in [-0.4, -0.2) is 0 Å². The maximum absolute atomic E-state index is 3.10. The summed E-state index contributed by atoms with van der Waals surface area (Å²) >= 11 is 1.59. The van der Waals surface area contributed by atoms with E-state index in [1.54, 1.807) is 11.3 Å². The Morgan fingerprint density at radius 3 is 2.60 bits per heavy atom. The molecular weight excluding hydrogens is 140 g/mol. The first-order valence-electron chi connectivity index (χ1n) is 3.45. The third kappa shape index (κ3) is 3.46. The first kappa shape index (κ1) is 7.55. The molecule has 2 radical (unpaired) electrons. The maximum Gasteiger partial charge on any atom is 0.0442 e. The zero-order valence-electron chi connectivity index (χ0n) is 5.84. The highest BCUT2D eigenvalue weighted by Crippen LogP contribution is 2.03. The highest BCUT2D eigenvalue weighted by Gasteiger charge is 1.85. The van der Waals surface area contributed by atoms with Crippen molar-refractivity contribution in [2.75, 3.05) is 0 Å². The van der Waals surface area contributed by atoms with Crippen molar-refractivity contribution in [1.82, 2.24) is 0 Å². The van der Waals surface area contributed by atoms with Crippen molar-refractivity contribution < 1.29 is 0 Å². The van der Waals surface area contributed by atoms with Gasteiger partial charge < -0.3 is 0 Å². The van der Waals surface area contributed by atoms with Gasteiger partial charge in [0.2, 0.25) is 0 Å². The third-order valence-corrected chi connectivity index (χ3v) is 1.76. The molecule has 0 aromatic carbocycles. The van der Waals surface area contributed by atoms with Gasteiger partial charge in [0.15, 0.2) is 0 Å². The molecular formula is C9H10S. The molecule has 1 aromatic heterocycles. The van der Waals surface area contributed by atoms with Crippen LogP contribution in [0.3, 0.4) is 0 Å². The molecule has 1 heteroatoms. The molecule has 0 nitrogen and oxygen atoms in total. The van der Waals surface area contributed by atoms with E-state index in [9.17, 15) is 0 Å². The van der Waals surface area contributed by atoms with Crippen molar-refractivity contribution in [2.24, 2.45) is 0 Å². The fraction of sp³-hybridized carbons (Fsp3) is 0.333. The molecule has 1 aliphatic rings. The molecule has 0 aliphatic heterocycles. The number of hydrogen-bond donors (Lipinski definition) is 0. The standard InChI is InChI=1S/C5H7.C4H3S/c2*1-2-4-5-3-1/h1H,2,4-5H2;1-3H. The van der Waals surface area contributed by atoms with Gasteiger partial charge in [0.1, 0.15) is 0 Å². The Hall–Kier alpha value is -0.560. The minimum absolute atomic E-state index is 1.19. The van der Waals surface area contributed by atoms with Gasteiger partial charge in [-0.2, -0.15) is 0 Å². The molecule has 1 heterocycles. The first-order valence-corrected chi connectivity index (χ1v) is 4.33. The predicted octanol–water partition coefficient (Wildman–Crippen LogP) is 3.08. The summed E-state index contributed by atoms with van der Waals surface area (Å²) in [7, 11) is 0. The predicted molar refractivity (Wildman–Crippen MR) is 44.8 cm³/mol. The van der Waals surface area contributed by atoms with Gasteiger partial charge >= 0.3 is 0 Å². The molecule has 0 amide bonds. The SMILES string of the molecule is [C]1=CCCC1.[c]1cccs1. The average molecular weight is 150 g/mol. The summed E-state index contributed by atoms with van der Waals surface area (Å²) in [6.07, 6.45) is 9.00. The molecule has 0 atom stereocenters. The summed E-state index contributed by atoms with van der Waals surface area (Å²) in [6, 6.07) is 3.86. The van der Waals surface area contributed by atoms with Crippen LogP contribution in [-0.2, 0) is 0 Å². The summed E-state index contributed by atoms with van der Waals surface area (Å²) in [6.45, 7) is 0. The lowest BCUT2D eigenvalue weighted by atomic mass is 10.4. The van der Waals surface area contributed by atoms with Gasteiger partial charge in [0.05, 0.1) is 0 Å². The van der Waals surface area contributed by atoms with E-state index in [0.29, 0.717) is 0 Å². The fourth-order valence-corrected chi connectivity index (χ4v) is 1.10. The topological polar surface area (TPSA) is 0 Å². The van der Waals surface area contributed by atoms with Crippen LogP contribution in [0.4, 0.5) is 0 Å². The molecule has 52 valence electrons. The van der Waals surface area contributed by atoms with E-state index < -0.39 is 0 Å². The summed E-state index contributed by atoms with van der Waals surface area (Å²) in [4.78, 5) is 0. The van der Waals surface area contributed by atoms with E-state index in [1.165, 1.54) is 19.3 Å². The smallest absolute Gasteiger partial charge is 0.0442 e. The van der Waals surface area contributed by atoms with Gasteiger partial charge in [0.25, 0.3) is 0 Å². The summed E-state index contributed by atoms with van der Waals surface area (Å²) in [5, 5.41) is 4.89. The van der Waals surface area contributed by atoms with Gasteiger partial charge in [-0.15, -0.1) is 11.3 Å². The molecule has 1 aliphatic carbocycles. The molecule has 0 fully saturated rings. The quantitative estimate of drug-likeness (QED) is 0.533. The van der Waals surface area contributed by atoms with E-state index in [0.717, 1.165) is 0 Å². The Kier molecular flexibility index (Phi) is 3.96. The van der Waals surface area contributed by atoms with E-state index in [4.69, 9.17) is 0 Å². The van der Waals surface area contributed by atoms with Crippen molar-refractivity contribution in [2.45, 2.75) is 19.3 Å². The summed E-state index contributed by atoms with van der Waals surface area (Å²) < 4.78 is 0. The Labute approximate surface area is 66.2 Å². The third-order valence-electron chi connectivity index (χ3n) is 1.19. The highest BCUT2D eigenvalue weighted by molar-refractivity contribution is 7.07. The molecule has 0 bridgehead atoms. The molecule has 0 saturated carbocycles. The van der Waals surface area contributed by atoms with Gasteiger partial charge in [-0.1, -0.05) is 12.1 Å². The van der Waals surface area contributed by atoms with Crippen molar-refractivity contribution in [3.8, 4) is 0 Å². The number of thiophene rings is 1. The molecule has 0 spiro atoms. The maximum atomic E-state index is 3.10. The van der Waals surface area contributed by atoms with Crippen LogP contribution in [0.2, 0.25) is 0 Å². The van der Waals surface area contributed by atoms with E-state index in [2.05, 4.69) is 17.5 Å². The second kappa shape index (κ2) is 5.24. The fourth-order valence-electron chi connectivity index (χ4n) is 0.707. The molecule has 2 rings (SSSR count). The van der Waals surface area contributed by atoms with Gasteiger partial charge in [-0.25, -0.2) is 0 Å². The minimum atomic E-state index is 1.19. The Morgan fingerprint density at radius 2 is 2.40 bits per heavy atom. The van der Waals surface area contributed by atoms with Crippen molar-refractivity contribution in [3.63, 3.8) is 0 Å². The van der Waals surface area contributed by atoms with Gasteiger partial charge in [-0.05, 0) is 36.8 Å². The minimum Gasteiger partial charge on any atom is -0.143 e. The van der Waals surface area contributed by atoms with Crippen molar-refractivity contribution >= 4 is 11.3 Å². The van der Waals surface area contributed by atoms with Gasteiger partial charge in [-0.3, -0.25) is 0 Å². The number of rotatable bonds is 0. The molecule has 0 N–H and O–H groups in total. The van der Waals surface area contributed by atoms with Crippen molar-refractivity contribution in [3.05, 3.63) is 35.0 Å². The number of allylic oxidation sites excluding steroid dienone is 2. The van der Waals surface area contributed by atoms with E-state index >= 15 is 0 Å². The first-order chi connectivity index (χ1) is 5.00. The summed E-state index contributed by atoms with van der Waals surface area (Å²) in [5.74, 6) is 0. The lowest BCUT2D eigenvalue weighted by Crippen LogP contribution is -1.50. The monoisotopic (exact) mass is 150 g/mol. The Bertz CT molecular complexity index is 140. The lowest BCUT2D eigenvalue weighted by Gasteiger charge is -1.68. The van der Waals surface area contributed by atoms with Crippen LogP contribution in [0.25, 0.3) is 0 Å². The molecule has 0 saturated heterocycles. The molecule has 10 heavy (non-hydrogen) atoms. The van der Waals surface area contributed by atoms with E-state index in [1.807, 2.05) is 17.5 Å². The zero-order chi connectivity index (χ0) is 7.07. The number of hydrogen-bond acceptors (Lipinski definition) is 1. The summed E-state index contributed by atoms with van der Waals surface area (Å²) in [5.41, 5.74) is 0. The van der Waals surface area contributed by atoms with Gasteiger partial charge in [0, 0.05) is 5.38 Å². The van der Waals surface area contributed by atoms with Crippen LogP contribution in [0.15, 0.2) is 23.6 Å². The van der Waals surface area contributed by atoms with Crippen LogP contribution in [0.1, 0.15) is 19.3 Å². The highest BCUT2D eigenvalue weighted by atomic mass is 32.1. The van der Waals surface area contributed by atoms with Crippen molar-refractivity contribution in [1.29, 1.82) is 0 Å². The molecule has 0 unspecified atom stereocenters. The normalized spacial score (nSPS) is 14.4. The van der Waals surface area contributed by atoms with Crippen LogP contribution in [0, 0.1) is 11.5 Å². The zero-order valence-corrected chi connectivity index (χ0v) is 6.66. The van der Waals surface area contributed by atoms with Crippen LogP contribution < -0.4 is 0 Å². The second-order valence-electron chi connectivity index (χ2n) is 2.03.